The Morgan fingerprint density at radius 1 is 1.06 bits per heavy atom. The number of hydrogen-bond acceptors (Lipinski definition) is 4. The molecule has 3 heterocycles. The van der Waals surface area contributed by atoms with Crippen molar-refractivity contribution in [1.29, 1.82) is 0 Å². The molecule has 0 radical (unpaired) electrons. The Morgan fingerprint density at radius 3 is 2.47 bits per heavy atom. The first kappa shape index (κ1) is 34.7. The van der Waals surface area contributed by atoms with Crippen molar-refractivity contribution >= 4 is 34.5 Å². The Kier molecular flexibility index (Phi) is 10.5. The van der Waals surface area contributed by atoms with Gasteiger partial charge in [0.2, 0.25) is 23.6 Å². The van der Waals surface area contributed by atoms with Crippen LogP contribution in [0, 0.1) is 11.8 Å². The number of hydrogen-bond donors (Lipinski definition) is 2. The van der Waals surface area contributed by atoms with Crippen LogP contribution in [0.5, 0.6) is 0 Å². The van der Waals surface area contributed by atoms with Crippen LogP contribution in [0.3, 0.4) is 0 Å². The van der Waals surface area contributed by atoms with Crippen molar-refractivity contribution < 1.29 is 19.2 Å². The van der Waals surface area contributed by atoms with E-state index in [9.17, 15) is 19.2 Å². The van der Waals surface area contributed by atoms with Gasteiger partial charge in [-0.25, -0.2) is 0 Å². The Bertz CT molecular complexity index is 1530. The number of nitrogens with one attached hydrogen (secondary N) is 2. The second-order valence-corrected chi connectivity index (χ2v) is 14.9. The maximum Gasteiger partial charge on any atom is 0.228 e. The molecule has 1 aromatic carbocycles. The van der Waals surface area contributed by atoms with Crippen LogP contribution in [0.25, 0.3) is 10.9 Å². The van der Waals surface area contributed by atoms with E-state index >= 15 is 0 Å². The minimum absolute atomic E-state index is 0.00812. The Hall–Kier alpha value is -3.62. The highest BCUT2D eigenvalue weighted by molar-refractivity contribution is 5.93. The Morgan fingerprint density at radius 2 is 1.81 bits per heavy atom. The van der Waals surface area contributed by atoms with Gasteiger partial charge < -0.3 is 25.0 Å². The number of fused-ring (bicyclic) bond motifs is 5. The predicted octanol–water partition coefficient (Wildman–Crippen LogP) is 5.47. The lowest BCUT2D eigenvalue weighted by Gasteiger charge is -2.54. The molecule has 256 valence electrons. The van der Waals surface area contributed by atoms with Gasteiger partial charge in [0.25, 0.3) is 0 Å². The molecule has 1 saturated heterocycles. The molecule has 0 bridgehead atoms. The molecule has 2 N–H and O–H groups in total. The third-order valence-corrected chi connectivity index (χ3v) is 10.8. The molecule has 3 atom stereocenters. The highest BCUT2D eigenvalue weighted by Gasteiger charge is 2.57. The van der Waals surface area contributed by atoms with Crippen molar-refractivity contribution in [2.45, 2.75) is 116 Å². The van der Waals surface area contributed by atoms with E-state index in [1.54, 1.807) is 19.0 Å². The minimum atomic E-state index is -0.885. The van der Waals surface area contributed by atoms with E-state index in [1.807, 2.05) is 44.4 Å². The lowest BCUT2D eigenvalue weighted by Crippen LogP contribution is -2.65. The quantitative estimate of drug-likeness (QED) is 0.317. The molecule has 9 heteroatoms. The molecule has 1 aromatic heterocycles. The number of rotatable bonds is 11. The fourth-order valence-electron chi connectivity index (χ4n) is 8.34. The van der Waals surface area contributed by atoms with Gasteiger partial charge >= 0.3 is 0 Å². The van der Waals surface area contributed by atoms with Crippen molar-refractivity contribution in [2.24, 2.45) is 11.8 Å². The second-order valence-electron chi connectivity index (χ2n) is 14.9. The number of aromatic nitrogens is 1. The summed E-state index contributed by atoms with van der Waals surface area (Å²) in [7, 11) is 3.54. The summed E-state index contributed by atoms with van der Waals surface area (Å²) < 4.78 is 0. The molecule has 9 nitrogen and oxygen atoms in total. The number of aryl methyl sites for hydroxylation is 1. The molecule has 0 unspecified atom stereocenters. The first-order chi connectivity index (χ1) is 22.3. The first-order valence-corrected chi connectivity index (χ1v) is 17.7. The van der Waals surface area contributed by atoms with E-state index < -0.39 is 17.4 Å². The molecule has 0 spiro atoms. The van der Waals surface area contributed by atoms with E-state index in [1.165, 1.54) is 18.4 Å². The number of benzene rings is 1. The topological polar surface area (TPSA) is 106 Å². The highest BCUT2D eigenvalue weighted by Crippen LogP contribution is 2.50. The van der Waals surface area contributed by atoms with Gasteiger partial charge in [-0.05, 0) is 103 Å². The van der Waals surface area contributed by atoms with E-state index in [-0.39, 0.29) is 42.1 Å². The largest absolute Gasteiger partial charge is 0.356 e. The van der Waals surface area contributed by atoms with Crippen LogP contribution in [0.1, 0.15) is 103 Å². The zero-order chi connectivity index (χ0) is 34.0. The molecule has 4 amide bonds. The second kappa shape index (κ2) is 14.2. The number of piperidine rings is 1. The lowest BCUT2D eigenvalue weighted by molar-refractivity contribution is -0.166. The number of carbonyl (C=O) groups excluding carboxylic acids is 4. The summed E-state index contributed by atoms with van der Waals surface area (Å²) in [6.45, 7) is 11.3. The van der Waals surface area contributed by atoms with Crippen molar-refractivity contribution in [1.82, 2.24) is 25.0 Å². The fraction of sp³-hybridized carbons (Fsp3) is 0.632. The normalized spacial score (nSPS) is 22.6. The molecule has 0 saturated carbocycles. The number of nitrogens with zero attached hydrogens (tertiary/aromatic N) is 3. The lowest BCUT2D eigenvalue weighted by atomic mass is 9.67. The Balaban J connectivity index is 1.45. The maximum absolute atomic E-state index is 14.6. The molecule has 47 heavy (non-hydrogen) atoms. The third kappa shape index (κ3) is 7.00. The van der Waals surface area contributed by atoms with Crippen molar-refractivity contribution in [2.75, 3.05) is 27.2 Å². The average Bonchev–Trinajstić information content (AvgIpc) is 3.40. The Labute approximate surface area is 280 Å². The molecular formula is C38H55N5O4. The zero-order valence-electron chi connectivity index (χ0n) is 29.6. The first-order valence-electron chi connectivity index (χ1n) is 17.7. The number of aromatic amines is 1. The molecule has 1 aliphatic carbocycles. The van der Waals surface area contributed by atoms with Gasteiger partial charge in [-0.1, -0.05) is 23.8 Å². The number of carbonyl (C=O) groups is 4. The fourth-order valence-corrected chi connectivity index (χ4v) is 8.34. The molecule has 1 fully saturated rings. The van der Waals surface area contributed by atoms with Gasteiger partial charge in [-0.2, -0.15) is 0 Å². The van der Waals surface area contributed by atoms with Crippen LogP contribution in [0.4, 0.5) is 0 Å². The van der Waals surface area contributed by atoms with Crippen molar-refractivity contribution in [3.05, 3.63) is 46.7 Å². The molecule has 2 aliphatic heterocycles. The van der Waals surface area contributed by atoms with Crippen LogP contribution in [-0.2, 0) is 37.6 Å². The predicted molar refractivity (Wildman–Crippen MR) is 186 cm³/mol. The zero-order valence-corrected chi connectivity index (χ0v) is 29.6. The number of amides is 4. The standard InChI is InChI=1S/C38H55N5O4/c1-24(2)43(25(3)4)37(47)31-22-28(23-33(44)39-19-17-26-11-9-8-10-12-26)36(46)42-20-18-30-29-15-13-27(14-16-34(45)41(6)7)21-32(29)40-35(30)38(31,42)5/h11,13,15,21,24-25,28,31,40H,8-10,12,14,16-20,22-23H2,1-7H3,(H,39,44)/t28-,31-,38+/m1/s1. The molecular weight excluding hydrogens is 590 g/mol. The van der Waals surface area contributed by atoms with Gasteiger partial charge in [0.1, 0.15) is 0 Å². The van der Waals surface area contributed by atoms with E-state index in [0.717, 1.165) is 47.0 Å². The highest BCUT2D eigenvalue weighted by atomic mass is 16.2. The minimum Gasteiger partial charge on any atom is -0.356 e. The summed E-state index contributed by atoms with van der Waals surface area (Å²) in [6, 6.07) is 6.29. The summed E-state index contributed by atoms with van der Waals surface area (Å²) >= 11 is 0. The van der Waals surface area contributed by atoms with Crippen LogP contribution < -0.4 is 5.32 Å². The van der Waals surface area contributed by atoms with Crippen LogP contribution in [0.2, 0.25) is 0 Å². The summed E-state index contributed by atoms with van der Waals surface area (Å²) in [5.41, 5.74) is 4.62. The third-order valence-electron chi connectivity index (χ3n) is 10.8. The van der Waals surface area contributed by atoms with E-state index in [2.05, 4.69) is 34.6 Å². The summed E-state index contributed by atoms with van der Waals surface area (Å²) in [5, 5.41) is 4.17. The van der Waals surface area contributed by atoms with Gasteiger partial charge in [-0.3, -0.25) is 19.2 Å². The van der Waals surface area contributed by atoms with Gasteiger partial charge in [-0.15, -0.1) is 0 Å². The summed E-state index contributed by atoms with van der Waals surface area (Å²) in [4.78, 5) is 63.5. The van der Waals surface area contributed by atoms with Crippen LogP contribution in [-0.4, -0.2) is 82.6 Å². The number of allylic oxidation sites excluding steroid dienone is 1. The molecule has 5 rings (SSSR count). The summed E-state index contributed by atoms with van der Waals surface area (Å²) in [5.74, 6) is -1.12. The van der Waals surface area contributed by atoms with E-state index in [0.29, 0.717) is 38.8 Å². The van der Waals surface area contributed by atoms with Crippen LogP contribution in [0.15, 0.2) is 29.8 Å². The SMILES string of the molecule is CC(C)N(C(=O)[C@H]1C[C@H](CC(=O)NCCC2=CCCCC2)C(=O)N2CCc3c([nH]c4cc(CCC(=O)N(C)C)ccc34)[C@]12C)C(C)C. The van der Waals surface area contributed by atoms with Crippen molar-refractivity contribution in [3.63, 3.8) is 0 Å². The molecule has 3 aliphatic rings. The monoisotopic (exact) mass is 645 g/mol. The number of H-pyrrole nitrogens is 1. The maximum atomic E-state index is 14.6. The van der Waals surface area contributed by atoms with Crippen LogP contribution >= 0.6 is 0 Å². The van der Waals surface area contributed by atoms with Gasteiger partial charge in [0, 0.05) is 74.6 Å². The van der Waals surface area contributed by atoms with Gasteiger partial charge in [0.15, 0.2) is 0 Å². The average molecular weight is 646 g/mol. The van der Waals surface area contributed by atoms with Crippen molar-refractivity contribution in [3.8, 4) is 0 Å². The smallest absolute Gasteiger partial charge is 0.228 e. The van der Waals surface area contributed by atoms with E-state index in [4.69, 9.17) is 0 Å². The molecule has 2 aromatic rings. The summed E-state index contributed by atoms with van der Waals surface area (Å²) in [6.07, 6.45) is 9.97. The van der Waals surface area contributed by atoms with Gasteiger partial charge in [0.05, 0.1) is 11.5 Å².